The van der Waals surface area contributed by atoms with Crippen LogP contribution in [0.1, 0.15) is 75.0 Å². The quantitative estimate of drug-likeness (QED) is 0.753. The molecule has 0 unspecified atom stereocenters. The number of carbonyl (C=O) groups is 1. The van der Waals surface area contributed by atoms with Gasteiger partial charge in [-0.05, 0) is 44.1 Å². The van der Waals surface area contributed by atoms with E-state index in [1.807, 2.05) is 16.9 Å². The Morgan fingerprint density at radius 1 is 1.07 bits per heavy atom. The van der Waals surface area contributed by atoms with Crippen LogP contribution in [0.2, 0.25) is 0 Å². The lowest BCUT2D eigenvalue weighted by molar-refractivity contribution is -0.132. The third-order valence-corrected chi connectivity index (χ3v) is 6.24. The normalized spacial score (nSPS) is 21.0. The summed E-state index contributed by atoms with van der Waals surface area (Å²) in [4.78, 5) is 14.5. The van der Waals surface area contributed by atoms with Gasteiger partial charge in [-0.2, -0.15) is 5.10 Å². The van der Waals surface area contributed by atoms with Crippen LogP contribution in [0.15, 0.2) is 18.5 Å². The Hall–Kier alpha value is -2.18. The van der Waals surface area contributed by atoms with Crippen molar-refractivity contribution >= 4 is 5.91 Å². The zero-order valence-corrected chi connectivity index (χ0v) is 15.8. The predicted octanol–water partition coefficient (Wildman–Crippen LogP) is 2.75. The number of rotatable bonds is 7. The average Bonchev–Trinajstić information content (AvgIpc) is 3.62. The van der Waals surface area contributed by atoms with Crippen LogP contribution in [-0.2, 0) is 11.3 Å². The fraction of sp³-hybridized carbons (Fsp3) is 0.700. The number of piperidine rings is 1. The highest BCUT2D eigenvalue weighted by Gasteiger charge is 2.34. The Morgan fingerprint density at radius 3 is 2.56 bits per heavy atom. The van der Waals surface area contributed by atoms with E-state index in [0.717, 1.165) is 56.3 Å². The monoisotopic (exact) mass is 368 g/mol. The first-order valence-electron chi connectivity index (χ1n) is 10.5. The van der Waals surface area contributed by atoms with Crippen molar-refractivity contribution in [3.8, 4) is 0 Å². The molecular weight excluding hydrogens is 340 g/mol. The van der Waals surface area contributed by atoms with E-state index in [1.165, 1.54) is 25.7 Å². The van der Waals surface area contributed by atoms with Crippen molar-refractivity contribution in [1.82, 2.24) is 29.4 Å². The van der Waals surface area contributed by atoms with Crippen LogP contribution in [0.5, 0.6) is 0 Å². The summed E-state index contributed by atoms with van der Waals surface area (Å²) in [6.07, 6.45) is 12.7. The second kappa shape index (κ2) is 7.09. The number of carbonyl (C=O) groups excluding carboxylic acids is 1. The average molecular weight is 368 g/mol. The molecule has 1 amide bonds. The van der Waals surface area contributed by atoms with Gasteiger partial charge in [0.15, 0.2) is 5.82 Å². The highest BCUT2D eigenvalue weighted by atomic mass is 16.2. The van der Waals surface area contributed by atoms with Crippen molar-refractivity contribution in [2.75, 3.05) is 13.1 Å². The van der Waals surface area contributed by atoms with Gasteiger partial charge in [0.05, 0.1) is 0 Å². The van der Waals surface area contributed by atoms with Crippen molar-refractivity contribution in [2.45, 2.75) is 69.9 Å². The number of likely N-dealkylation sites (tertiary alicyclic amines) is 1. The number of hydrogen-bond donors (Lipinski definition) is 0. The maximum atomic E-state index is 12.4. The standard InChI is InChI=1S/C20H28N6O/c27-19(7-4-15-2-3-15)24-12-8-16(9-13-24)20-23-22-18(26(20)17-5-6-17)14-25-11-1-10-21-25/h1,10-11,15-17H,2-9,12-14H2. The van der Waals surface area contributed by atoms with Gasteiger partial charge in [-0.1, -0.05) is 12.8 Å². The van der Waals surface area contributed by atoms with Crippen LogP contribution < -0.4 is 0 Å². The van der Waals surface area contributed by atoms with E-state index in [4.69, 9.17) is 0 Å². The van der Waals surface area contributed by atoms with Crippen LogP contribution in [0.3, 0.4) is 0 Å². The molecule has 0 spiro atoms. The molecule has 0 radical (unpaired) electrons. The Labute approximate surface area is 159 Å². The maximum Gasteiger partial charge on any atom is 0.222 e. The third kappa shape index (κ3) is 3.77. The number of aromatic nitrogens is 5. The fourth-order valence-electron chi connectivity index (χ4n) is 4.27. The van der Waals surface area contributed by atoms with Crippen LogP contribution in [0, 0.1) is 5.92 Å². The van der Waals surface area contributed by atoms with Crippen molar-refractivity contribution in [2.24, 2.45) is 5.92 Å². The van der Waals surface area contributed by atoms with Gasteiger partial charge in [-0.25, -0.2) is 0 Å². The molecule has 7 heteroatoms. The molecule has 3 heterocycles. The van der Waals surface area contributed by atoms with E-state index in [-0.39, 0.29) is 0 Å². The highest BCUT2D eigenvalue weighted by Crippen LogP contribution is 2.40. The van der Waals surface area contributed by atoms with Gasteiger partial charge in [-0.3, -0.25) is 9.48 Å². The van der Waals surface area contributed by atoms with Crippen molar-refractivity contribution in [3.63, 3.8) is 0 Å². The van der Waals surface area contributed by atoms with E-state index in [0.29, 0.717) is 24.4 Å². The molecule has 3 fully saturated rings. The molecule has 2 aliphatic carbocycles. The van der Waals surface area contributed by atoms with Crippen molar-refractivity contribution in [1.29, 1.82) is 0 Å². The van der Waals surface area contributed by atoms with Gasteiger partial charge in [0.25, 0.3) is 0 Å². The molecular formula is C20H28N6O. The zero-order chi connectivity index (χ0) is 18.2. The molecule has 2 saturated carbocycles. The summed E-state index contributed by atoms with van der Waals surface area (Å²) in [7, 11) is 0. The predicted molar refractivity (Wildman–Crippen MR) is 100 cm³/mol. The minimum absolute atomic E-state index is 0.350. The molecule has 0 N–H and O–H groups in total. The van der Waals surface area contributed by atoms with Crippen LogP contribution in [0.25, 0.3) is 0 Å². The zero-order valence-electron chi connectivity index (χ0n) is 15.8. The van der Waals surface area contributed by atoms with Gasteiger partial charge in [0.2, 0.25) is 5.91 Å². The second-order valence-corrected chi connectivity index (χ2v) is 8.42. The first-order valence-corrected chi connectivity index (χ1v) is 10.5. The molecule has 144 valence electrons. The lowest BCUT2D eigenvalue weighted by Gasteiger charge is -2.32. The van der Waals surface area contributed by atoms with Crippen LogP contribution >= 0.6 is 0 Å². The molecule has 5 rings (SSSR count). The summed E-state index contributed by atoms with van der Waals surface area (Å²) < 4.78 is 4.28. The molecule has 0 bridgehead atoms. The topological polar surface area (TPSA) is 68.8 Å². The molecule has 3 aliphatic rings. The van der Waals surface area contributed by atoms with Crippen molar-refractivity contribution in [3.05, 3.63) is 30.1 Å². The van der Waals surface area contributed by atoms with E-state index in [9.17, 15) is 4.79 Å². The molecule has 0 atom stereocenters. The van der Waals surface area contributed by atoms with Gasteiger partial charge < -0.3 is 9.47 Å². The SMILES string of the molecule is O=C(CCC1CC1)N1CCC(c2nnc(Cn3cccn3)n2C2CC2)CC1. The second-order valence-electron chi connectivity index (χ2n) is 8.42. The summed E-state index contributed by atoms with van der Waals surface area (Å²) in [5, 5.41) is 13.4. The molecule has 1 aliphatic heterocycles. The number of amides is 1. The summed E-state index contributed by atoms with van der Waals surface area (Å²) in [5.41, 5.74) is 0. The highest BCUT2D eigenvalue weighted by molar-refractivity contribution is 5.76. The summed E-state index contributed by atoms with van der Waals surface area (Å²) in [6.45, 7) is 2.40. The lowest BCUT2D eigenvalue weighted by atomic mass is 9.95. The number of hydrogen-bond acceptors (Lipinski definition) is 4. The number of nitrogens with zero attached hydrogens (tertiary/aromatic N) is 6. The van der Waals surface area contributed by atoms with Gasteiger partial charge in [0.1, 0.15) is 12.4 Å². The summed E-state index contributed by atoms with van der Waals surface area (Å²) >= 11 is 0. The van der Waals surface area contributed by atoms with E-state index < -0.39 is 0 Å². The molecule has 2 aromatic heterocycles. The maximum absolute atomic E-state index is 12.4. The minimum atomic E-state index is 0.350. The molecule has 27 heavy (non-hydrogen) atoms. The Morgan fingerprint density at radius 2 is 1.89 bits per heavy atom. The van der Waals surface area contributed by atoms with Crippen LogP contribution in [-0.4, -0.2) is 48.4 Å². The Kier molecular flexibility index (Phi) is 4.45. The molecule has 2 aromatic rings. The molecule has 0 aromatic carbocycles. The lowest BCUT2D eigenvalue weighted by Crippen LogP contribution is -2.38. The molecule has 7 nitrogen and oxygen atoms in total. The summed E-state index contributed by atoms with van der Waals surface area (Å²) in [6, 6.07) is 2.49. The molecule has 1 saturated heterocycles. The Bertz CT molecular complexity index is 782. The van der Waals surface area contributed by atoms with Gasteiger partial charge in [-0.15, -0.1) is 10.2 Å². The summed E-state index contributed by atoms with van der Waals surface area (Å²) in [5.74, 6) is 3.74. The van der Waals surface area contributed by atoms with Crippen LogP contribution in [0.4, 0.5) is 0 Å². The first kappa shape index (κ1) is 17.0. The largest absolute Gasteiger partial charge is 0.343 e. The van der Waals surface area contributed by atoms with Gasteiger partial charge in [0, 0.05) is 43.9 Å². The minimum Gasteiger partial charge on any atom is -0.343 e. The fourth-order valence-corrected chi connectivity index (χ4v) is 4.27. The smallest absolute Gasteiger partial charge is 0.222 e. The van der Waals surface area contributed by atoms with E-state index >= 15 is 0 Å². The first-order chi connectivity index (χ1) is 13.3. The Balaban J connectivity index is 1.24. The van der Waals surface area contributed by atoms with Gasteiger partial charge >= 0.3 is 0 Å². The third-order valence-electron chi connectivity index (χ3n) is 6.24. The van der Waals surface area contributed by atoms with Crippen molar-refractivity contribution < 1.29 is 4.79 Å². The van der Waals surface area contributed by atoms with E-state index in [1.54, 1.807) is 6.20 Å². The van der Waals surface area contributed by atoms with E-state index in [2.05, 4.69) is 24.8 Å².